The molecule has 1 heterocycles. The predicted octanol–water partition coefficient (Wildman–Crippen LogP) is 4.98. The molecule has 0 aromatic heterocycles. The van der Waals surface area contributed by atoms with Crippen molar-refractivity contribution in [3.8, 4) is 5.75 Å². The van der Waals surface area contributed by atoms with Crippen molar-refractivity contribution < 1.29 is 24.2 Å². The van der Waals surface area contributed by atoms with Crippen molar-refractivity contribution in [2.75, 3.05) is 26.9 Å². The Morgan fingerprint density at radius 1 is 1.15 bits per heavy atom. The summed E-state index contributed by atoms with van der Waals surface area (Å²) in [5.41, 5.74) is 3.35. The first-order chi connectivity index (χ1) is 15.8. The minimum absolute atomic E-state index is 0.113. The number of methoxy groups -OCH3 is 1. The van der Waals surface area contributed by atoms with E-state index in [0.717, 1.165) is 22.4 Å². The van der Waals surface area contributed by atoms with Gasteiger partial charge >= 0.3 is 0 Å². The van der Waals surface area contributed by atoms with Gasteiger partial charge in [0.25, 0.3) is 11.7 Å². The highest BCUT2D eigenvalue weighted by Gasteiger charge is 2.45. The fourth-order valence-electron chi connectivity index (χ4n) is 4.27. The van der Waals surface area contributed by atoms with Crippen LogP contribution < -0.4 is 4.74 Å². The fraction of sp³-hybridized carbons (Fsp3) is 0.407. The van der Waals surface area contributed by atoms with E-state index in [4.69, 9.17) is 9.47 Å². The zero-order chi connectivity index (χ0) is 24.1. The molecule has 33 heavy (non-hydrogen) atoms. The second-order valence-electron chi connectivity index (χ2n) is 8.59. The van der Waals surface area contributed by atoms with E-state index in [0.29, 0.717) is 31.7 Å². The highest BCUT2D eigenvalue weighted by molar-refractivity contribution is 6.46. The number of likely N-dealkylation sites (tertiary alicyclic amines) is 1. The van der Waals surface area contributed by atoms with Crippen molar-refractivity contribution in [3.63, 3.8) is 0 Å². The monoisotopic (exact) mass is 451 g/mol. The molecule has 1 saturated heterocycles. The Bertz CT molecular complexity index is 1060. The van der Waals surface area contributed by atoms with Gasteiger partial charge in [0.15, 0.2) is 0 Å². The molecule has 0 saturated carbocycles. The number of rotatable bonds is 9. The van der Waals surface area contributed by atoms with Crippen molar-refractivity contribution in [2.24, 2.45) is 0 Å². The first-order valence-corrected chi connectivity index (χ1v) is 11.4. The van der Waals surface area contributed by atoms with Crippen LogP contribution >= 0.6 is 0 Å². The summed E-state index contributed by atoms with van der Waals surface area (Å²) in [5.74, 6) is -0.535. The van der Waals surface area contributed by atoms with Gasteiger partial charge in [-0.15, -0.1) is 0 Å². The van der Waals surface area contributed by atoms with E-state index in [9.17, 15) is 14.7 Å². The topological polar surface area (TPSA) is 76.1 Å². The number of ether oxygens (including phenoxy) is 2. The van der Waals surface area contributed by atoms with Gasteiger partial charge in [0.1, 0.15) is 11.5 Å². The molecule has 1 aliphatic heterocycles. The summed E-state index contributed by atoms with van der Waals surface area (Å²) in [7, 11) is 1.60. The maximum absolute atomic E-state index is 13.2. The number of amides is 1. The molecular formula is C27H33NO5. The lowest BCUT2D eigenvalue weighted by Gasteiger charge is -2.25. The summed E-state index contributed by atoms with van der Waals surface area (Å²) in [6, 6.07) is 12.4. The number of carbonyl (C=O) groups excluding carboxylic acids is 2. The van der Waals surface area contributed by atoms with E-state index in [2.05, 4.69) is 0 Å². The van der Waals surface area contributed by atoms with Crippen LogP contribution in [0.5, 0.6) is 5.75 Å². The number of hydrogen-bond acceptors (Lipinski definition) is 5. The highest BCUT2D eigenvalue weighted by Crippen LogP contribution is 2.40. The molecule has 3 rings (SSSR count). The summed E-state index contributed by atoms with van der Waals surface area (Å²) in [6.45, 7) is 9.33. The third-order valence-electron chi connectivity index (χ3n) is 5.85. The van der Waals surface area contributed by atoms with Gasteiger partial charge in [-0.25, -0.2) is 0 Å². The van der Waals surface area contributed by atoms with Gasteiger partial charge in [-0.05, 0) is 55.5 Å². The van der Waals surface area contributed by atoms with Gasteiger partial charge in [-0.3, -0.25) is 9.59 Å². The Balaban J connectivity index is 2.15. The molecule has 1 atom stereocenters. The summed E-state index contributed by atoms with van der Waals surface area (Å²) in [4.78, 5) is 27.7. The first-order valence-electron chi connectivity index (χ1n) is 11.4. The number of aliphatic hydroxyl groups excluding tert-OH is 1. The average molecular weight is 452 g/mol. The summed E-state index contributed by atoms with van der Waals surface area (Å²) in [5, 5.41) is 11.3. The molecule has 6 nitrogen and oxygen atoms in total. The molecule has 1 unspecified atom stereocenters. The van der Waals surface area contributed by atoms with Crippen molar-refractivity contribution in [2.45, 2.75) is 46.1 Å². The number of hydrogen-bond donors (Lipinski definition) is 1. The molecule has 0 aliphatic carbocycles. The van der Waals surface area contributed by atoms with E-state index in [1.54, 1.807) is 18.1 Å². The number of carbonyl (C=O) groups is 2. The standard InChI is InChI=1S/C27H33NO5/c1-6-33-22-12-11-20(16-21(22)17(2)3)25(29)23-24(19-10-7-9-18(4)15-19)28(13-8-14-32-5)27(31)26(23)30/h7,9-12,15-17,24,29H,6,8,13-14H2,1-5H3/b25-23-. The molecule has 1 fully saturated rings. The smallest absolute Gasteiger partial charge is 0.295 e. The Labute approximate surface area is 195 Å². The van der Waals surface area contributed by atoms with Crippen molar-refractivity contribution in [3.05, 3.63) is 70.3 Å². The van der Waals surface area contributed by atoms with Gasteiger partial charge in [0, 0.05) is 25.8 Å². The molecule has 1 aliphatic rings. The van der Waals surface area contributed by atoms with E-state index >= 15 is 0 Å². The summed E-state index contributed by atoms with van der Waals surface area (Å²) >= 11 is 0. The maximum atomic E-state index is 13.2. The number of nitrogens with zero attached hydrogens (tertiary/aromatic N) is 1. The van der Waals surface area contributed by atoms with Crippen molar-refractivity contribution in [1.82, 2.24) is 4.90 Å². The summed E-state index contributed by atoms with van der Waals surface area (Å²) in [6.07, 6.45) is 0.590. The van der Waals surface area contributed by atoms with Gasteiger partial charge in [0.2, 0.25) is 0 Å². The molecule has 1 amide bonds. The minimum Gasteiger partial charge on any atom is -0.507 e. The highest BCUT2D eigenvalue weighted by atomic mass is 16.5. The predicted molar refractivity (Wildman–Crippen MR) is 128 cm³/mol. The van der Waals surface area contributed by atoms with Crippen LogP contribution in [0.4, 0.5) is 0 Å². The van der Waals surface area contributed by atoms with Crippen LogP contribution in [-0.4, -0.2) is 48.6 Å². The number of aryl methyl sites for hydroxylation is 1. The number of Topliss-reactive ketones (excluding diaryl/α,β-unsaturated/α-hetero) is 1. The molecule has 2 aromatic carbocycles. The van der Waals surface area contributed by atoms with Gasteiger partial charge in [-0.1, -0.05) is 43.7 Å². The van der Waals surface area contributed by atoms with Gasteiger partial charge in [0.05, 0.1) is 18.2 Å². The van der Waals surface area contributed by atoms with Crippen LogP contribution in [0.15, 0.2) is 48.0 Å². The molecule has 176 valence electrons. The third-order valence-corrected chi connectivity index (χ3v) is 5.85. The van der Waals surface area contributed by atoms with Crippen LogP contribution in [0, 0.1) is 6.92 Å². The van der Waals surface area contributed by atoms with Crippen LogP contribution in [0.2, 0.25) is 0 Å². The Kier molecular flexibility index (Phi) is 7.92. The van der Waals surface area contributed by atoms with Gasteiger partial charge < -0.3 is 19.5 Å². The normalized spacial score (nSPS) is 17.8. The van der Waals surface area contributed by atoms with Crippen LogP contribution in [0.3, 0.4) is 0 Å². The lowest BCUT2D eigenvalue weighted by molar-refractivity contribution is -0.140. The zero-order valence-corrected chi connectivity index (χ0v) is 20.1. The molecule has 6 heteroatoms. The van der Waals surface area contributed by atoms with Crippen LogP contribution in [0.1, 0.15) is 61.4 Å². The van der Waals surface area contributed by atoms with E-state index in [1.807, 2.05) is 64.1 Å². The SMILES string of the molecule is CCOc1ccc(/C(O)=C2/C(=O)C(=O)N(CCCOC)C2c2cccc(C)c2)cc1C(C)C. The molecule has 0 bridgehead atoms. The van der Waals surface area contributed by atoms with Crippen LogP contribution in [-0.2, 0) is 14.3 Å². The zero-order valence-electron chi connectivity index (χ0n) is 20.1. The second-order valence-corrected chi connectivity index (χ2v) is 8.59. The lowest BCUT2D eigenvalue weighted by Crippen LogP contribution is -2.31. The molecular weight excluding hydrogens is 418 g/mol. The van der Waals surface area contributed by atoms with E-state index in [1.165, 1.54) is 0 Å². The number of benzene rings is 2. The maximum Gasteiger partial charge on any atom is 0.295 e. The average Bonchev–Trinajstić information content (AvgIpc) is 3.04. The Morgan fingerprint density at radius 2 is 1.91 bits per heavy atom. The molecule has 0 spiro atoms. The van der Waals surface area contributed by atoms with E-state index < -0.39 is 17.7 Å². The van der Waals surface area contributed by atoms with Crippen molar-refractivity contribution in [1.29, 1.82) is 0 Å². The minimum atomic E-state index is -0.670. The van der Waals surface area contributed by atoms with Gasteiger partial charge in [-0.2, -0.15) is 0 Å². The van der Waals surface area contributed by atoms with Crippen molar-refractivity contribution >= 4 is 17.4 Å². The first kappa shape index (κ1) is 24.5. The van der Waals surface area contributed by atoms with Crippen LogP contribution in [0.25, 0.3) is 5.76 Å². The van der Waals surface area contributed by atoms with E-state index in [-0.39, 0.29) is 17.3 Å². The lowest BCUT2D eigenvalue weighted by atomic mass is 9.92. The third kappa shape index (κ3) is 5.11. The number of aliphatic hydroxyl groups is 1. The molecule has 1 N–H and O–H groups in total. The second kappa shape index (κ2) is 10.7. The Morgan fingerprint density at radius 3 is 2.55 bits per heavy atom. The number of ketones is 1. The summed E-state index contributed by atoms with van der Waals surface area (Å²) < 4.78 is 10.9. The molecule has 2 aromatic rings. The fourth-order valence-corrected chi connectivity index (χ4v) is 4.27. The quantitative estimate of drug-likeness (QED) is 0.252. The largest absolute Gasteiger partial charge is 0.507 e. The Hall–Kier alpha value is -3.12. The molecule has 0 radical (unpaired) electrons.